The quantitative estimate of drug-likeness (QED) is 0.542. The molecule has 1 aromatic heterocycles. The fourth-order valence-electron chi connectivity index (χ4n) is 3.19. The highest BCUT2D eigenvalue weighted by atomic mass is 32.2. The van der Waals surface area contributed by atoms with Crippen molar-refractivity contribution in [2.24, 2.45) is 0 Å². The molecule has 1 unspecified atom stereocenters. The van der Waals surface area contributed by atoms with Crippen molar-refractivity contribution >= 4 is 23.1 Å². The monoisotopic (exact) mass is 346 g/mol. The molecule has 1 aliphatic rings. The third-order valence-corrected chi connectivity index (χ3v) is 6.30. The van der Waals surface area contributed by atoms with Gasteiger partial charge < -0.3 is 10.6 Å². The van der Waals surface area contributed by atoms with Crippen LogP contribution in [0.2, 0.25) is 0 Å². The molecular formula is C19H26N2S2. The normalized spacial score (nSPS) is 21.4. The Kier molecular flexibility index (Phi) is 7.02. The summed E-state index contributed by atoms with van der Waals surface area (Å²) in [5.41, 5.74) is 0. The van der Waals surface area contributed by atoms with Crippen LogP contribution in [0.15, 0.2) is 52.7 Å². The second-order valence-corrected chi connectivity index (χ2v) is 8.27. The minimum atomic E-state index is 0.618. The maximum absolute atomic E-state index is 3.79. The zero-order valence-corrected chi connectivity index (χ0v) is 15.2. The standard InChI is InChI=1S/C19H26N2S2/c1-2-7-16(8-3-1)23-14-12-20-18-10-4-5-11-19(18)21-15-17-9-6-13-22-17/h1-3,6-9,13,18-21H,4-5,10-12,14-15H2/t18-,19?/m1/s1. The Hall–Kier alpha value is -0.810. The summed E-state index contributed by atoms with van der Waals surface area (Å²) in [7, 11) is 0. The van der Waals surface area contributed by atoms with Crippen molar-refractivity contribution in [2.45, 2.75) is 49.2 Å². The molecule has 2 N–H and O–H groups in total. The third-order valence-electron chi connectivity index (χ3n) is 4.41. The van der Waals surface area contributed by atoms with Crippen LogP contribution in [-0.4, -0.2) is 24.4 Å². The first-order valence-corrected chi connectivity index (χ1v) is 10.5. The molecule has 124 valence electrons. The van der Waals surface area contributed by atoms with E-state index >= 15 is 0 Å². The van der Waals surface area contributed by atoms with Gasteiger partial charge >= 0.3 is 0 Å². The van der Waals surface area contributed by atoms with Gasteiger partial charge in [-0.25, -0.2) is 0 Å². The highest BCUT2D eigenvalue weighted by Crippen LogP contribution is 2.20. The second kappa shape index (κ2) is 9.48. The summed E-state index contributed by atoms with van der Waals surface area (Å²) in [5.74, 6) is 1.14. The van der Waals surface area contributed by atoms with Crippen molar-refractivity contribution in [3.8, 4) is 0 Å². The van der Waals surface area contributed by atoms with Crippen molar-refractivity contribution in [3.63, 3.8) is 0 Å². The lowest BCUT2D eigenvalue weighted by molar-refractivity contribution is 0.287. The molecule has 3 rings (SSSR count). The summed E-state index contributed by atoms with van der Waals surface area (Å²) in [6, 6.07) is 16.3. The minimum Gasteiger partial charge on any atom is -0.312 e. The smallest absolute Gasteiger partial charge is 0.0302 e. The summed E-state index contributed by atoms with van der Waals surface area (Å²) in [4.78, 5) is 2.80. The van der Waals surface area contributed by atoms with Gasteiger partial charge in [0.05, 0.1) is 0 Å². The lowest BCUT2D eigenvalue weighted by Gasteiger charge is -2.33. The van der Waals surface area contributed by atoms with Crippen LogP contribution in [0, 0.1) is 0 Å². The highest BCUT2D eigenvalue weighted by Gasteiger charge is 2.23. The van der Waals surface area contributed by atoms with E-state index in [1.54, 1.807) is 0 Å². The lowest BCUT2D eigenvalue weighted by Crippen LogP contribution is -2.50. The Balaban J connectivity index is 1.39. The van der Waals surface area contributed by atoms with E-state index < -0.39 is 0 Å². The second-order valence-electron chi connectivity index (χ2n) is 6.07. The first-order valence-electron chi connectivity index (χ1n) is 8.59. The molecule has 0 radical (unpaired) electrons. The number of thiophene rings is 1. The van der Waals surface area contributed by atoms with Gasteiger partial charge in [-0.1, -0.05) is 37.1 Å². The average Bonchev–Trinajstić information content (AvgIpc) is 3.12. The van der Waals surface area contributed by atoms with Gasteiger partial charge in [0, 0.05) is 40.7 Å². The van der Waals surface area contributed by atoms with Crippen molar-refractivity contribution in [2.75, 3.05) is 12.3 Å². The number of hydrogen-bond acceptors (Lipinski definition) is 4. The van der Waals surface area contributed by atoms with Gasteiger partial charge in [0.1, 0.15) is 0 Å². The molecule has 0 aliphatic heterocycles. The molecule has 2 aromatic rings. The molecule has 0 spiro atoms. The lowest BCUT2D eigenvalue weighted by atomic mass is 9.90. The molecule has 1 fully saturated rings. The Bertz CT molecular complexity index is 542. The van der Waals surface area contributed by atoms with Crippen LogP contribution in [0.1, 0.15) is 30.6 Å². The largest absolute Gasteiger partial charge is 0.312 e. The van der Waals surface area contributed by atoms with Crippen molar-refractivity contribution in [3.05, 3.63) is 52.7 Å². The maximum atomic E-state index is 3.79. The molecule has 1 aliphatic carbocycles. The zero-order valence-electron chi connectivity index (χ0n) is 13.5. The number of nitrogens with one attached hydrogen (secondary N) is 2. The average molecular weight is 347 g/mol. The summed E-state index contributed by atoms with van der Waals surface area (Å²) in [6.07, 6.45) is 5.33. The predicted molar refractivity (Wildman–Crippen MR) is 102 cm³/mol. The van der Waals surface area contributed by atoms with Crippen LogP contribution in [0.3, 0.4) is 0 Å². The number of hydrogen-bond donors (Lipinski definition) is 2. The molecule has 2 nitrogen and oxygen atoms in total. The highest BCUT2D eigenvalue weighted by molar-refractivity contribution is 7.99. The molecule has 2 atom stereocenters. The fraction of sp³-hybridized carbons (Fsp3) is 0.474. The molecule has 1 saturated carbocycles. The molecule has 1 aromatic carbocycles. The van der Waals surface area contributed by atoms with Gasteiger partial charge in [-0.2, -0.15) is 0 Å². The molecule has 23 heavy (non-hydrogen) atoms. The van der Waals surface area contributed by atoms with Gasteiger partial charge in [0.25, 0.3) is 0 Å². The van der Waals surface area contributed by atoms with E-state index in [1.165, 1.54) is 35.5 Å². The van der Waals surface area contributed by atoms with Crippen LogP contribution in [0.4, 0.5) is 0 Å². The topological polar surface area (TPSA) is 24.1 Å². The summed E-state index contributed by atoms with van der Waals surface area (Å²) in [5, 5.41) is 9.73. The van der Waals surface area contributed by atoms with E-state index in [0.717, 1.165) is 18.8 Å². The Labute approximate surface area is 148 Å². The molecular weight excluding hydrogens is 320 g/mol. The van der Waals surface area contributed by atoms with Gasteiger partial charge in [0.2, 0.25) is 0 Å². The van der Waals surface area contributed by atoms with Gasteiger partial charge in [-0.15, -0.1) is 23.1 Å². The minimum absolute atomic E-state index is 0.618. The van der Waals surface area contributed by atoms with Crippen LogP contribution < -0.4 is 10.6 Å². The first-order chi connectivity index (χ1) is 11.4. The number of rotatable bonds is 8. The Morgan fingerprint density at radius 2 is 1.74 bits per heavy atom. The summed E-state index contributed by atoms with van der Waals surface area (Å²) in [6.45, 7) is 2.10. The van der Waals surface area contributed by atoms with E-state index in [9.17, 15) is 0 Å². The van der Waals surface area contributed by atoms with Gasteiger partial charge in [-0.05, 0) is 36.4 Å². The summed E-state index contributed by atoms with van der Waals surface area (Å²) >= 11 is 3.79. The number of thioether (sulfide) groups is 1. The van der Waals surface area contributed by atoms with Crippen LogP contribution in [-0.2, 0) is 6.54 Å². The van der Waals surface area contributed by atoms with E-state index in [0.29, 0.717) is 12.1 Å². The zero-order chi connectivity index (χ0) is 15.7. The van der Waals surface area contributed by atoms with Crippen LogP contribution in [0.25, 0.3) is 0 Å². The van der Waals surface area contributed by atoms with Crippen molar-refractivity contribution < 1.29 is 0 Å². The molecule has 1 heterocycles. The fourth-order valence-corrected chi connectivity index (χ4v) is 4.66. The van der Waals surface area contributed by atoms with Crippen LogP contribution >= 0.6 is 23.1 Å². The molecule has 0 bridgehead atoms. The van der Waals surface area contributed by atoms with Crippen molar-refractivity contribution in [1.29, 1.82) is 0 Å². The predicted octanol–water partition coefficient (Wildman–Crippen LogP) is 4.53. The van der Waals surface area contributed by atoms with Crippen LogP contribution in [0.5, 0.6) is 0 Å². The summed E-state index contributed by atoms with van der Waals surface area (Å²) < 4.78 is 0. The van der Waals surface area contributed by atoms with Gasteiger partial charge in [0.15, 0.2) is 0 Å². The first kappa shape index (κ1) is 17.0. The third kappa shape index (κ3) is 5.64. The Morgan fingerprint density at radius 3 is 2.48 bits per heavy atom. The van der Waals surface area contributed by atoms with E-state index in [-0.39, 0.29) is 0 Å². The molecule has 0 saturated heterocycles. The van der Waals surface area contributed by atoms with E-state index in [4.69, 9.17) is 0 Å². The SMILES string of the molecule is c1ccc(SCCN[C@@H]2CCCCC2NCc2cccs2)cc1. The number of benzene rings is 1. The van der Waals surface area contributed by atoms with E-state index in [2.05, 4.69) is 58.5 Å². The van der Waals surface area contributed by atoms with Crippen molar-refractivity contribution in [1.82, 2.24) is 10.6 Å². The maximum Gasteiger partial charge on any atom is 0.0302 e. The van der Waals surface area contributed by atoms with E-state index in [1.807, 2.05) is 23.1 Å². The molecule has 0 amide bonds. The Morgan fingerprint density at radius 1 is 0.957 bits per heavy atom. The molecule has 4 heteroatoms. The van der Waals surface area contributed by atoms with Gasteiger partial charge in [-0.3, -0.25) is 0 Å².